The average molecular weight is 518 g/mol. The predicted molar refractivity (Wildman–Crippen MR) is 146 cm³/mol. The molecule has 4 aromatic rings. The number of aromatic nitrogens is 1. The van der Waals surface area contributed by atoms with Crippen LogP contribution in [0, 0.1) is 19.3 Å². The Morgan fingerprint density at radius 1 is 1.08 bits per heavy atom. The number of hydrogen-bond acceptors (Lipinski definition) is 4. The molecule has 3 aromatic carbocycles. The van der Waals surface area contributed by atoms with Crippen molar-refractivity contribution in [2.24, 2.45) is 4.99 Å². The number of fused-ring (bicyclic) bond motifs is 1. The topological polar surface area (TPSA) is 80.5 Å². The van der Waals surface area contributed by atoms with Crippen LogP contribution in [0.1, 0.15) is 41.3 Å². The molecule has 0 fully saturated rings. The number of anilines is 1. The van der Waals surface area contributed by atoms with Crippen LogP contribution in [0.3, 0.4) is 0 Å². The van der Waals surface area contributed by atoms with Crippen LogP contribution in [0.15, 0.2) is 76.6 Å². The maximum atomic E-state index is 12.9. The summed E-state index contributed by atoms with van der Waals surface area (Å²) in [5.41, 5.74) is 3.88. The molecule has 1 aromatic heterocycles. The maximum absolute atomic E-state index is 12.9. The van der Waals surface area contributed by atoms with Gasteiger partial charge in [-0.3, -0.25) is 9.52 Å². The number of aryl methyl sites for hydroxylation is 2. The van der Waals surface area contributed by atoms with Crippen molar-refractivity contribution in [3.63, 3.8) is 0 Å². The molecule has 1 heterocycles. The van der Waals surface area contributed by atoms with Gasteiger partial charge in [0.05, 0.1) is 21.7 Å². The molecule has 1 amide bonds. The van der Waals surface area contributed by atoms with E-state index in [1.54, 1.807) is 48.5 Å². The predicted octanol–water partition coefficient (Wildman–Crippen LogP) is 5.53. The van der Waals surface area contributed by atoms with E-state index in [0.717, 1.165) is 35.0 Å². The number of nitrogens with zero attached hydrogens (tertiary/aromatic N) is 2. The van der Waals surface area contributed by atoms with Crippen molar-refractivity contribution in [3.05, 3.63) is 88.2 Å². The molecule has 36 heavy (non-hydrogen) atoms. The van der Waals surface area contributed by atoms with Crippen molar-refractivity contribution in [1.82, 2.24) is 4.57 Å². The highest BCUT2D eigenvalue weighted by atomic mass is 32.2. The first-order valence-corrected chi connectivity index (χ1v) is 13.9. The largest absolute Gasteiger partial charge is 0.305 e. The Hall–Kier alpha value is -3.67. The van der Waals surface area contributed by atoms with Crippen molar-refractivity contribution in [2.45, 2.75) is 44.6 Å². The summed E-state index contributed by atoms with van der Waals surface area (Å²) in [7, 11) is -3.73. The second-order valence-electron chi connectivity index (χ2n) is 8.49. The third-order valence-electron chi connectivity index (χ3n) is 5.73. The summed E-state index contributed by atoms with van der Waals surface area (Å²) in [5, 5.41) is 0. The van der Waals surface area contributed by atoms with E-state index in [9.17, 15) is 13.2 Å². The Kier molecular flexibility index (Phi) is 7.73. The van der Waals surface area contributed by atoms with Crippen molar-refractivity contribution in [2.75, 3.05) is 4.72 Å². The number of terminal acetylenes is 1. The molecule has 0 bridgehead atoms. The summed E-state index contributed by atoms with van der Waals surface area (Å²) in [6, 6.07) is 19.1. The number of carbonyl (C=O) groups is 1. The van der Waals surface area contributed by atoms with Gasteiger partial charge in [0.15, 0.2) is 4.80 Å². The quantitative estimate of drug-likeness (QED) is 0.312. The van der Waals surface area contributed by atoms with Crippen LogP contribution >= 0.6 is 11.3 Å². The Balaban J connectivity index is 1.59. The number of thiazole rings is 1. The first kappa shape index (κ1) is 25.4. The van der Waals surface area contributed by atoms with Gasteiger partial charge in [0.25, 0.3) is 15.9 Å². The zero-order valence-electron chi connectivity index (χ0n) is 20.2. The van der Waals surface area contributed by atoms with Crippen LogP contribution in [-0.2, 0) is 23.0 Å². The number of sulfonamides is 1. The minimum atomic E-state index is -3.73. The van der Waals surface area contributed by atoms with Crippen LogP contribution in [0.4, 0.5) is 5.69 Å². The summed E-state index contributed by atoms with van der Waals surface area (Å²) in [6.45, 7) is 4.36. The van der Waals surface area contributed by atoms with Gasteiger partial charge in [-0.1, -0.05) is 54.4 Å². The fourth-order valence-corrected chi connectivity index (χ4v) is 5.90. The third kappa shape index (κ3) is 5.76. The Labute approximate surface area is 215 Å². The second-order valence-corrected chi connectivity index (χ2v) is 11.2. The normalized spacial score (nSPS) is 12.0. The monoisotopic (exact) mass is 517 g/mol. The molecule has 4 rings (SSSR count). The van der Waals surface area contributed by atoms with Gasteiger partial charge in [-0.2, -0.15) is 4.99 Å². The first-order chi connectivity index (χ1) is 17.3. The number of unbranched alkanes of at least 4 members (excludes halogenated alkanes) is 1. The fourth-order valence-electron chi connectivity index (χ4n) is 3.75. The van der Waals surface area contributed by atoms with Crippen LogP contribution in [0.25, 0.3) is 10.2 Å². The maximum Gasteiger partial charge on any atom is 0.279 e. The number of carbonyl (C=O) groups excluding carboxylic acids is 1. The molecule has 0 atom stereocenters. The number of benzene rings is 3. The molecule has 0 aliphatic heterocycles. The fraction of sp³-hybridized carbons (Fsp3) is 0.214. The minimum absolute atomic E-state index is 0.170. The summed E-state index contributed by atoms with van der Waals surface area (Å²) in [4.78, 5) is 18.0. The zero-order chi connectivity index (χ0) is 25.7. The van der Waals surface area contributed by atoms with E-state index in [-0.39, 0.29) is 4.90 Å². The van der Waals surface area contributed by atoms with E-state index in [0.29, 0.717) is 22.6 Å². The molecule has 0 saturated carbocycles. The van der Waals surface area contributed by atoms with Crippen LogP contribution in [0.5, 0.6) is 0 Å². The highest BCUT2D eigenvalue weighted by Crippen LogP contribution is 2.21. The summed E-state index contributed by atoms with van der Waals surface area (Å²) in [5.74, 6) is 2.22. The van der Waals surface area contributed by atoms with Crippen molar-refractivity contribution >= 4 is 43.2 Å². The average Bonchev–Trinajstić information content (AvgIpc) is 3.19. The second kappa shape index (κ2) is 10.9. The van der Waals surface area contributed by atoms with Gasteiger partial charge in [0, 0.05) is 11.3 Å². The highest BCUT2D eigenvalue weighted by molar-refractivity contribution is 7.92. The Bertz CT molecular complexity index is 1610. The standard InChI is InChI=1S/C28H27N3O3S2/c1-4-6-7-21-10-17-25-26(19-21)35-28(31(25)18-5-2)29-27(32)22-11-13-23(14-12-22)30-36(33,34)24-15-8-20(3)9-16-24/h2,8-17,19,30H,4,6-7,18H2,1,3H3. The first-order valence-electron chi connectivity index (χ1n) is 11.6. The number of hydrogen-bond donors (Lipinski definition) is 1. The number of amides is 1. The van der Waals surface area contributed by atoms with Gasteiger partial charge in [-0.25, -0.2) is 8.42 Å². The zero-order valence-corrected chi connectivity index (χ0v) is 21.8. The lowest BCUT2D eigenvalue weighted by molar-refractivity contribution is 0.0998. The smallest absolute Gasteiger partial charge is 0.279 e. The lowest BCUT2D eigenvalue weighted by Gasteiger charge is -2.08. The summed E-state index contributed by atoms with van der Waals surface area (Å²) < 4.78 is 30.7. The lowest BCUT2D eigenvalue weighted by Crippen LogP contribution is -2.16. The molecular formula is C28H27N3O3S2. The molecule has 0 spiro atoms. The third-order valence-corrected chi connectivity index (χ3v) is 8.17. The minimum Gasteiger partial charge on any atom is -0.305 e. The molecule has 0 aliphatic carbocycles. The SMILES string of the molecule is C#CCn1c(=NC(=O)c2ccc(NS(=O)(=O)c3ccc(C)cc3)cc2)sc2cc(CCCC)ccc21. The molecular weight excluding hydrogens is 490 g/mol. The molecule has 0 saturated heterocycles. The van der Waals surface area contributed by atoms with Crippen molar-refractivity contribution in [3.8, 4) is 12.3 Å². The van der Waals surface area contributed by atoms with Gasteiger partial charge < -0.3 is 4.57 Å². The van der Waals surface area contributed by atoms with Gasteiger partial charge in [-0.15, -0.1) is 6.42 Å². The Morgan fingerprint density at radius 3 is 2.47 bits per heavy atom. The summed E-state index contributed by atoms with van der Waals surface area (Å²) >= 11 is 1.43. The van der Waals surface area contributed by atoms with E-state index < -0.39 is 15.9 Å². The van der Waals surface area contributed by atoms with Crippen molar-refractivity contribution in [1.29, 1.82) is 0 Å². The van der Waals surface area contributed by atoms with Crippen LogP contribution < -0.4 is 9.52 Å². The number of rotatable bonds is 8. The van der Waals surface area contributed by atoms with E-state index >= 15 is 0 Å². The molecule has 184 valence electrons. The van der Waals surface area contributed by atoms with Gasteiger partial charge in [0.1, 0.15) is 0 Å². The van der Waals surface area contributed by atoms with E-state index in [2.05, 4.69) is 34.7 Å². The highest BCUT2D eigenvalue weighted by Gasteiger charge is 2.15. The molecule has 0 aliphatic rings. The lowest BCUT2D eigenvalue weighted by atomic mass is 10.1. The van der Waals surface area contributed by atoms with Crippen molar-refractivity contribution < 1.29 is 13.2 Å². The molecule has 0 radical (unpaired) electrons. The number of nitrogens with one attached hydrogen (secondary N) is 1. The van der Waals surface area contributed by atoms with Gasteiger partial charge >= 0.3 is 0 Å². The van der Waals surface area contributed by atoms with Crippen LogP contribution in [-0.4, -0.2) is 18.9 Å². The Morgan fingerprint density at radius 2 is 1.81 bits per heavy atom. The van der Waals surface area contributed by atoms with Gasteiger partial charge in [-0.05, 0) is 73.9 Å². The molecule has 0 unspecified atom stereocenters. The molecule has 6 nitrogen and oxygen atoms in total. The molecule has 1 N–H and O–H groups in total. The van der Waals surface area contributed by atoms with Gasteiger partial charge in [0.2, 0.25) is 0 Å². The molecule has 8 heteroatoms. The van der Waals surface area contributed by atoms with Crippen LogP contribution in [0.2, 0.25) is 0 Å². The van der Waals surface area contributed by atoms with E-state index in [4.69, 9.17) is 6.42 Å². The van der Waals surface area contributed by atoms with E-state index in [1.165, 1.54) is 16.9 Å². The van der Waals surface area contributed by atoms with E-state index in [1.807, 2.05) is 17.6 Å². The summed E-state index contributed by atoms with van der Waals surface area (Å²) in [6.07, 6.45) is 8.83.